The van der Waals surface area contributed by atoms with Crippen molar-refractivity contribution in [3.05, 3.63) is 46.4 Å². The summed E-state index contributed by atoms with van der Waals surface area (Å²) in [6.07, 6.45) is 0. The number of aryl methyl sites for hydroxylation is 1. The lowest BCUT2D eigenvalue weighted by Gasteiger charge is -2.10. The Morgan fingerprint density at radius 2 is 2.00 bits per heavy atom. The standard InChI is InChI=1S/C15H14BrN3O/c1-9-3-5-11(16)13(7-9)19-14-8-10(20-2)4-6-12(14)18-15(19)17/h3-8H,1-2H3,(H2,17,18). The van der Waals surface area contributed by atoms with Gasteiger partial charge in [0.15, 0.2) is 0 Å². The van der Waals surface area contributed by atoms with E-state index in [-0.39, 0.29) is 0 Å². The number of anilines is 1. The van der Waals surface area contributed by atoms with Crippen molar-refractivity contribution < 1.29 is 4.74 Å². The van der Waals surface area contributed by atoms with Crippen molar-refractivity contribution in [3.63, 3.8) is 0 Å². The van der Waals surface area contributed by atoms with Crippen LogP contribution in [-0.4, -0.2) is 16.7 Å². The molecule has 0 bridgehead atoms. The molecule has 0 fully saturated rings. The van der Waals surface area contributed by atoms with E-state index in [0.29, 0.717) is 5.95 Å². The van der Waals surface area contributed by atoms with E-state index in [1.807, 2.05) is 41.8 Å². The van der Waals surface area contributed by atoms with Gasteiger partial charge in [0.1, 0.15) is 5.75 Å². The van der Waals surface area contributed by atoms with Gasteiger partial charge in [-0.05, 0) is 52.7 Å². The van der Waals surface area contributed by atoms with Crippen LogP contribution < -0.4 is 10.5 Å². The van der Waals surface area contributed by atoms with Crippen LogP contribution in [0.1, 0.15) is 5.56 Å². The molecule has 0 spiro atoms. The molecule has 0 aliphatic rings. The first-order valence-corrected chi connectivity index (χ1v) is 6.98. The van der Waals surface area contributed by atoms with Gasteiger partial charge in [-0.1, -0.05) is 6.07 Å². The van der Waals surface area contributed by atoms with Crippen molar-refractivity contribution in [2.75, 3.05) is 12.8 Å². The molecule has 4 nitrogen and oxygen atoms in total. The number of benzene rings is 2. The highest BCUT2D eigenvalue weighted by molar-refractivity contribution is 9.10. The van der Waals surface area contributed by atoms with Crippen molar-refractivity contribution in [2.24, 2.45) is 0 Å². The molecule has 0 radical (unpaired) electrons. The summed E-state index contributed by atoms with van der Waals surface area (Å²) in [4.78, 5) is 4.40. The Bertz CT molecular complexity index is 795. The minimum atomic E-state index is 0.458. The number of nitrogens with two attached hydrogens (primary N) is 1. The molecule has 5 heteroatoms. The van der Waals surface area contributed by atoms with Crippen molar-refractivity contribution in [3.8, 4) is 11.4 Å². The van der Waals surface area contributed by atoms with Gasteiger partial charge in [0.25, 0.3) is 0 Å². The zero-order valence-electron chi connectivity index (χ0n) is 11.2. The van der Waals surface area contributed by atoms with E-state index in [1.54, 1.807) is 7.11 Å². The summed E-state index contributed by atoms with van der Waals surface area (Å²) in [5.41, 5.74) is 9.98. The van der Waals surface area contributed by atoms with E-state index in [4.69, 9.17) is 10.5 Å². The molecule has 0 unspecified atom stereocenters. The number of methoxy groups -OCH3 is 1. The Morgan fingerprint density at radius 3 is 2.75 bits per heavy atom. The number of fused-ring (bicyclic) bond motifs is 1. The zero-order chi connectivity index (χ0) is 14.3. The summed E-state index contributed by atoms with van der Waals surface area (Å²) < 4.78 is 8.18. The van der Waals surface area contributed by atoms with Crippen LogP contribution in [0.2, 0.25) is 0 Å². The molecule has 3 rings (SSSR count). The summed E-state index contributed by atoms with van der Waals surface area (Å²) in [6.45, 7) is 2.05. The average molecular weight is 332 g/mol. The summed E-state index contributed by atoms with van der Waals surface area (Å²) in [6, 6.07) is 11.9. The Morgan fingerprint density at radius 1 is 1.20 bits per heavy atom. The van der Waals surface area contributed by atoms with Gasteiger partial charge < -0.3 is 10.5 Å². The Kier molecular flexibility index (Phi) is 3.14. The van der Waals surface area contributed by atoms with Crippen LogP contribution in [0.15, 0.2) is 40.9 Å². The Hall–Kier alpha value is -2.01. The lowest BCUT2D eigenvalue weighted by Crippen LogP contribution is -2.01. The molecule has 102 valence electrons. The van der Waals surface area contributed by atoms with E-state index in [2.05, 4.69) is 27.0 Å². The normalized spacial score (nSPS) is 10.9. The van der Waals surface area contributed by atoms with Crippen LogP contribution in [0.5, 0.6) is 5.75 Å². The maximum absolute atomic E-state index is 6.09. The molecule has 0 aliphatic carbocycles. The Balaban J connectivity index is 2.34. The van der Waals surface area contributed by atoms with Crippen molar-refractivity contribution >= 4 is 32.9 Å². The second-order valence-corrected chi connectivity index (χ2v) is 5.47. The summed E-state index contributed by atoms with van der Waals surface area (Å²) >= 11 is 3.57. The number of rotatable bonds is 2. The lowest BCUT2D eigenvalue weighted by atomic mass is 10.2. The van der Waals surface area contributed by atoms with Crippen molar-refractivity contribution in [2.45, 2.75) is 6.92 Å². The maximum Gasteiger partial charge on any atom is 0.205 e. The molecular formula is C15H14BrN3O. The molecule has 1 aromatic heterocycles. The predicted molar refractivity (Wildman–Crippen MR) is 84.5 cm³/mol. The van der Waals surface area contributed by atoms with Gasteiger partial charge in [0, 0.05) is 10.5 Å². The number of nitrogens with zero attached hydrogens (tertiary/aromatic N) is 2. The number of hydrogen-bond donors (Lipinski definition) is 1. The topological polar surface area (TPSA) is 53.1 Å². The number of nitrogen functional groups attached to an aromatic ring is 1. The van der Waals surface area contributed by atoms with Crippen LogP contribution in [-0.2, 0) is 0 Å². The third-order valence-corrected chi connectivity index (χ3v) is 3.90. The first-order chi connectivity index (χ1) is 9.60. The van der Waals surface area contributed by atoms with Crippen LogP contribution in [0, 0.1) is 6.92 Å². The number of aromatic nitrogens is 2. The SMILES string of the molecule is COc1ccc2nc(N)n(-c3cc(C)ccc3Br)c2c1. The van der Waals surface area contributed by atoms with Gasteiger partial charge in [0.2, 0.25) is 5.95 Å². The summed E-state index contributed by atoms with van der Waals surface area (Å²) in [7, 11) is 1.65. The molecule has 2 aromatic carbocycles. The molecule has 0 amide bonds. The largest absolute Gasteiger partial charge is 0.497 e. The minimum Gasteiger partial charge on any atom is -0.497 e. The van der Waals surface area contributed by atoms with Gasteiger partial charge in [-0.3, -0.25) is 4.57 Å². The molecule has 0 aliphatic heterocycles. The highest BCUT2D eigenvalue weighted by Crippen LogP contribution is 2.30. The van der Waals surface area contributed by atoms with E-state index >= 15 is 0 Å². The second kappa shape index (κ2) is 4.83. The number of ether oxygens (including phenoxy) is 1. The molecule has 0 atom stereocenters. The molecule has 20 heavy (non-hydrogen) atoms. The molecule has 2 N–H and O–H groups in total. The average Bonchev–Trinajstić information content (AvgIpc) is 2.76. The molecule has 1 heterocycles. The molecular weight excluding hydrogens is 318 g/mol. The van der Waals surface area contributed by atoms with Gasteiger partial charge in [-0.2, -0.15) is 0 Å². The molecule has 3 aromatic rings. The van der Waals surface area contributed by atoms with Gasteiger partial charge in [0.05, 0.1) is 23.8 Å². The molecule has 0 saturated heterocycles. The van der Waals surface area contributed by atoms with Crippen molar-refractivity contribution in [1.29, 1.82) is 0 Å². The van der Waals surface area contributed by atoms with Gasteiger partial charge in [-0.25, -0.2) is 4.98 Å². The number of hydrogen-bond acceptors (Lipinski definition) is 3. The fraction of sp³-hybridized carbons (Fsp3) is 0.133. The summed E-state index contributed by atoms with van der Waals surface area (Å²) in [5, 5.41) is 0. The summed E-state index contributed by atoms with van der Waals surface area (Å²) in [5.74, 6) is 1.24. The highest BCUT2D eigenvalue weighted by Gasteiger charge is 2.13. The fourth-order valence-electron chi connectivity index (χ4n) is 2.25. The lowest BCUT2D eigenvalue weighted by molar-refractivity contribution is 0.415. The van der Waals surface area contributed by atoms with Crippen LogP contribution >= 0.6 is 15.9 Å². The van der Waals surface area contributed by atoms with Crippen LogP contribution in [0.4, 0.5) is 5.95 Å². The third-order valence-electron chi connectivity index (χ3n) is 3.23. The van der Waals surface area contributed by atoms with Gasteiger partial charge >= 0.3 is 0 Å². The van der Waals surface area contributed by atoms with Gasteiger partial charge in [-0.15, -0.1) is 0 Å². The highest BCUT2D eigenvalue weighted by atomic mass is 79.9. The van der Waals surface area contributed by atoms with E-state index in [0.717, 1.165) is 32.5 Å². The number of imidazole rings is 1. The van der Waals surface area contributed by atoms with Crippen LogP contribution in [0.25, 0.3) is 16.7 Å². The van der Waals surface area contributed by atoms with E-state index in [9.17, 15) is 0 Å². The second-order valence-electron chi connectivity index (χ2n) is 4.61. The monoisotopic (exact) mass is 331 g/mol. The predicted octanol–water partition coefficient (Wildman–Crippen LogP) is 3.69. The first kappa shape index (κ1) is 13.0. The number of halogens is 1. The fourth-order valence-corrected chi connectivity index (χ4v) is 2.67. The van der Waals surface area contributed by atoms with Crippen molar-refractivity contribution in [1.82, 2.24) is 9.55 Å². The third kappa shape index (κ3) is 2.04. The Labute approximate surface area is 125 Å². The smallest absolute Gasteiger partial charge is 0.205 e. The quantitative estimate of drug-likeness (QED) is 0.779. The maximum atomic E-state index is 6.09. The minimum absolute atomic E-state index is 0.458. The zero-order valence-corrected chi connectivity index (χ0v) is 12.8. The van der Waals surface area contributed by atoms with E-state index in [1.165, 1.54) is 0 Å². The van der Waals surface area contributed by atoms with Crippen LogP contribution in [0.3, 0.4) is 0 Å². The first-order valence-electron chi connectivity index (χ1n) is 6.18. The molecule has 0 saturated carbocycles. The van der Waals surface area contributed by atoms with E-state index < -0.39 is 0 Å².